The number of aryl methyl sites for hydroxylation is 1. The Bertz CT molecular complexity index is 503. The second kappa shape index (κ2) is 4.64. The minimum absolute atomic E-state index is 0.0854. The first-order chi connectivity index (χ1) is 7.63. The summed E-state index contributed by atoms with van der Waals surface area (Å²) in [7, 11) is 0. The highest BCUT2D eigenvalue weighted by Gasteiger charge is 2.14. The van der Waals surface area contributed by atoms with Crippen molar-refractivity contribution in [3.05, 3.63) is 29.0 Å². The molecule has 2 nitrogen and oxygen atoms in total. The van der Waals surface area contributed by atoms with Crippen LogP contribution in [0.3, 0.4) is 0 Å². The number of fused-ring (bicyclic) bond motifs is 1. The van der Waals surface area contributed by atoms with Crippen molar-refractivity contribution in [3.63, 3.8) is 0 Å². The average Bonchev–Trinajstić information content (AvgIpc) is 2.57. The van der Waals surface area contributed by atoms with E-state index in [4.69, 9.17) is 23.2 Å². The molecule has 1 atom stereocenters. The zero-order chi connectivity index (χ0) is 11.7. The van der Waals surface area contributed by atoms with Crippen molar-refractivity contribution in [1.82, 2.24) is 9.55 Å². The molecule has 1 heterocycles. The maximum absolute atomic E-state index is 6.14. The summed E-state index contributed by atoms with van der Waals surface area (Å²) in [5, 5.41) is 0.625. The number of hydrogen-bond donors (Lipinski definition) is 0. The van der Waals surface area contributed by atoms with E-state index in [0.717, 1.165) is 29.8 Å². The van der Waals surface area contributed by atoms with Crippen LogP contribution >= 0.6 is 23.2 Å². The quantitative estimate of drug-likeness (QED) is 0.745. The minimum Gasteiger partial charge on any atom is -0.327 e. The molecule has 86 valence electrons. The fourth-order valence-corrected chi connectivity index (χ4v) is 2.22. The average molecular weight is 257 g/mol. The molecule has 2 rings (SSSR count). The Morgan fingerprint density at radius 2 is 2.19 bits per heavy atom. The van der Waals surface area contributed by atoms with Crippen LogP contribution in [-0.4, -0.2) is 9.55 Å². The van der Waals surface area contributed by atoms with Gasteiger partial charge in [0.15, 0.2) is 0 Å². The summed E-state index contributed by atoms with van der Waals surface area (Å²) in [6.45, 7) is 5.02. The van der Waals surface area contributed by atoms with Crippen LogP contribution in [0.15, 0.2) is 18.2 Å². The zero-order valence-electron chi connectivity index (χ0n) is 9.37. The highest BCUT2D eigenvalue weighted by molar-refractivity contribution is 6.31. The fraction of sp³-hybridized carbons (Fsp3) is 0.417. The summed E-state index contributed by atoms with van der Waals surface area (Å²) < 4.78 is 2.17. The first-order valence-corrected chi connectivity index (χ1v) is 6.24. The van der Waals surface area contributed by atoms with Crippen LogP contribution in [0, 0.1) is 0 Å². The minimum atomic E-state index is -0.0854. The molecule has 0 saturated heterocycles. The van der Waals surface area contributed by atoms with Crippen molar-refractivity contribution in [3.8, 4) is 0 Å². The number of hydrogen-bond acceptors (Lipinski definition) is 1. The summed E-state index contributed by atoms with van der Waals surface area (Å²) in [4.78, 5) is 4.54. The molecule has 0 bridgehead atoms. The molecular formula is C12H14Cl2N2. The van der Waals surface area contributed by atoms with Gasteiger partial charge in [0, 0.05) is 11.6 Å². The summed E-state index contributed by atoms with van der Waals surface area (Å²) in [6, 6.07) is 5.77. The third kappa shape index (κ3) is 2.04. The number of nitrogens with zero attached hydrogens (tertiary/aromatic N) is 2. The van der Waals surface area contributed by atoms with Crippen LogP contribution in [-0.2, 0) is 6.54 Å². The highest BCUT2D eigenvalue weighted by Crippen LogP contribution is 2.26. The van der Waals surface area contributed by atoms with E-state index < -0.39 is 0 Å². The Kier molecular flexibility index (Phi) is 3.41. The molecule has 1 aromatic carbocycles. The topological polar surface area (TPSA) is 17.8 Å². The SMILES string of the molecule is CCCn1c([C@H](C)Cl)nc2cc(Cl)ccc21. The molecule has 0 unspecified atom stereocenters. The maximum Gasteiger partial charge on any atom is 0.127 e. The van der Waals surface area contributed by atoms with Crippen LogP contribution in [0.4, 0.5) is 0 Å². The summed E-state index contributed by atoms with van der Waals surface area (Å²) in [5.74, 6) is 0.917. The molecule has 0 amide bonds. The van der Waals surface area contributed by atoms with Gasteiger partial charge in [-0.3, -0.25) is 0 Å². The van der Waals surface area contributed by atoms with Gasteiger partial charge >= 0.3 is 0 Å². The first kappa shape index (κ1) is 11.7. The summed E-state index contributed by atoms with van der Waals surface area (Å²) in [5.41, 5.74) is 2.03. The van der Waals surface area contributed by atoms with Crippen molar-refractivity contribution in [2.45, 2.75) is 32.2 Å². The number of halogens is 2. The van der Waals surface area contributed by atoms with Gasteiger partial charge in [-0.2, -0.15) is 0 Å². The molecule has 0 N–H and O–H groups in total. The lowest BCUT2D eigenvalue weighted by molar-refractivity contribution is 0.654. The van der Waals surface area contributed by atoms with Gasteiger partial charge in [-0.05, 0) is 31.5 Å². The van der Waals surface area contributed by atoms with Crippen LogP contribution in [0.2, 0.25) is 5.02 Å². The van der Waals surface area contributed by atoms with Gasteiger partial charge in [-0.1, -0.05) is 18.5 Å². The van der Waals surface area contributed by atoms with E-state index in [0.29, 0.717) is 5.02 Å². The van der Waals surface area contributed by atoms with Crippen LogP contribution in [0.25, 0.3) is 11.0 Å². The molecule has 4 heteroatoms. The fourth-order valence-electron chi connectivity index (χ4n) is 1.88. The van der Waals surface area contributed by atoms with Crippen molar-refractivity contribution < 1.29 is 0 Å². The highest BCUT2D eigenvalue weighted by atomic mass is 35.5. The van der Waals surface area contributed by atoms with E-state index in [1.807, 2.05) is 25.1 Å². The van der Waals surface area contributed by atoms with Crippen molar-refractivity contribution in [2.24, 2.45) is 0 Å². The summed E-state index contributed by atoms with van der Waals surface area (Å²) >= 11 is 12.1. The van der Waals surface area contributed by atoms with Crippen LogP contribution in [0.5, 0.6) is 0 Å². The van der Waals surface area contributed by atoms with E-state index in [1.165, 1.54) is 0 Å². The second-order valence-corrected chi connectivity index (χ2v) is 4.96. The van der Waals surface area contributed by atoms with Gasteiger partial charge in [0.2, 0.25) is 0 Å². The van der Waals surface area contributed by atoms with E-state index in [2.05, 4.69) is 16.5 Å². The predicted octanol–water partition coefficient (Wildman–Crippen LogP) is 4.40. The Labute approximate surface area is 105 Å². The standard InChI is InChI=1S/C12H14Cl2N2/c1-3-6-16-11-5-4-9(14)7-10(11)15-12(16)8(2)13/h4-5,7-8H,3,6H2,1-2H3/t8-/m0/s1. The Hall–Kier alpha value is -0.730. The molecule has 0 radical (unpaired) electrons. The van der Waals surface area contributed by atoms with Gasteiger partial charge < -0.3 is 4.57 Å². The molecule has 1 aromatic heterocycles. The Morgan fingerprint density at radius 3 is 2.81 bits per heavy atom. The largest absolute Gasteiger partial charge is 0.327 e. The summed E-state index contributed by atoms with van der Waals surface area (Å²) in [6.07, 6.45) is 1.06. The maximum atomic E-state index is 6.14. The molecular weight excluding hydrogens is 243 g/mol. The lowest BCUT2D eigenvalue weighted by Crippen LogP contribution is -2.03. The number of imidazole rings is 1. The van der Waals surface area contributed by atoms with Crippen molar-refractivity contribution in [2.75, 3.05) is 0 Å². The Morgan fingerprint density at radius 1 is 1.44 bits per heavy atom. The number of alkyl halides is 1. The van der Waals surface area contributed by atoms with Crippen LogP contribution in [0.1, 0.15) is 31.5 Å². The molecule has 0 aliphatic rings. The van der Waals surface area contributed by atoms with Crippen LogP contribution < -0.4 is 0 Å². The van der Waals surface area contributed by atoms with Gasteiger partial charge in [0.1, 0.15) is 5.82 Å². The first-order valence-electron chi connectivity index (χ1n) is 5.43. The number of benzene rings is 1. The lowest BCUT2D eigenvalue weighted by Gasteiger charge is -2.08. The lowest BCUT2D eigenvalue weighted by atomic mass is 10.3. The molecule has 0 spiro atoms. The number of aromatic nitrogens is 2. The third-order valence-corrected chi connectivity index (χ3v) is 2.97. The molecule has 0 aliphatic heterocycles. The zero-order valence-corrected chi connectivity index (χ0v) is 10.9. The van der Waals surface area contributed by atoms with Gasteiger partial charge in [0.05, 0.1) is 16.4 Å². The third-order valence-electron chi connectivity index (χ3n) is 2.54. The predicted molar refractivity (Wildman–Crippen MR) is 69.3 cm³/mol. The van der Waals surface area contributed by atoms with Gasteiger partial charge in [-0.25, -0.2) is 4.98 Å². The monoisotopic (exact) mass is 256 g/mol. The van der Waals surface area contributed by atoms with E-state index >= 15 is 0 Å². The van der Waals surface area contributed by atoms with E-state index in [-0.39, 0.29) is 5.38 Å². The Balaban J connectivity index is 2.65. The van der Waals surface area contributed by atoms with Crippen molar-refractivity contribution in [1.29, 1.82) is 0 Å². The van der Waals surface area contributed by atoms with Gasteiger partial charge in [-0.15, -0.1) is 11.6 Å². The molecule has 16 heavy (non-hydrogen) atoms. The molecule has 0 aliphatic carbocycles. The number of rotatable bonds is 3. The van der Waals surface area contributed by atoms with Gasteiger partial charge in [0.25, 0.3) is 0 Å². The normalized spacial score (nSPS) is 13.2. The van der Waals surface area contributed by atoms with Crippen molar-refractivity contribution >= 4 is 34.2 Å². The molecule has 2 aromatic rings. The molecule has 0 saturated carbocycles. The second-order valence-electron chi connectivity index (χ2n) is 3.87. The van der Waals surface area contributed by atoms with E-state index in [1.54, 1.807) is 0 Å². The molecule has 0 fully saturated rings. The van der Waals surface area contributed by atoms with E-state index in [9.17, 15) is 0 Å². The smallest absolute Gasteiger partial charge is 0.127 e.